The van der Waals surface area contributed by atoms with Gasteiger partial charge in [-0.25, -0.2) is 0 Å². The Labute approximate surface area is 234 Å². The van der Waals surface area contributed by atoms with Crippen molar-refractivity contribution in [3.8, 4) is 23.0 Å². The molecule has 0 unspecified atom stereocenters. The molecule has 1 aliphatic rings. The third kappa shape index (κ3) is 5.49. The third-order valence-corrected chi connectivity index (χ3v) is 7.35. The summed E-state index contributed by atoms with van der Waals surface area (Å²) >= 11 is 12.1. The number of nitrogens with zero attached hydrogens (tertiary/aromatic N) is 3. The van der Waals surface area contributed by atoms with E-state index in [9.17, 15) is 10.2 Å². The highest BCUT2D eigenvalue weighted by Gasteiger charge is 2.35. The molecule has 0 aromatic heterocycles. The minimum atomic E-state index is -0.316. The molecule has 7 nitrogen and oxygen atoms in total. The van der Waals surface area contributed by atoms with E-state index in [0.717, 1.165) is 23.2 Å². The molecule has 9 heteroatoms. The SMILES string of the molecule is COc1cccc(N2CCCN(c3cccc(OC)c3O)C2c2ccc(N(CCCl)CCCl)cc2C)c1O. The van der Waals surface area contributed by atoms with Gasteiger partial charge in [-0.15, -0.1) is 23.2 Å². The van der Waals surface area contributed by atoms with Crippen molar-refractivity contribution in [2.24, 2.45) is 0 Å². The van der Waals surface area contributed by atoms with E-state index < -0.39 is 0 Å². The molecule has 1 fully saturated rings. The van der Waals surface area contributed by atoms with Gasteiger partial charge in [0.15, 0.2) is 23.0 Å². The number of phenolic OH excluding ortho intramolecular Hbond substituents is 2. The van der Waals surface area contributed by atoms with Crippen LogP contribution in [0.5, 0.6) is 23.0 Å². The summed E-state index contributed by atoms with van der Waals surface area (Å²) in [5, 5.41) is 22.2. The molecular weight excluding hydrogens is 525 g/mol. The van der Waals surface area contributed by atoms with Crippen LogP contribution in [0.1, 0.15) is 23.7 Å². The van der Waals surface area contributed by atoms with Gasteiger partial charge in [0.05, 0.1) is 25.6 Å². The summed E-state index contributed by atoms with van der Waals surface area (Å²) in [7, 11) is 3.09. The van der Waals surface area contributed by atoms with Crippen molar-refractivity contribution in [1.29, 1.82) is 0 Å². The molecule has 1 aliphatic heterocycles. The second-order valence-corrected chi connectivity index (χ2v) is 9.93. The molecule has 3 aromatic rings. The number of para-hydroxylation sites is 2. The Morgan fingerprint density at radius 1 is 0.842 bits per heavy atom. The summed E-state index contributed by atoms with van der Waals surface area (Å²) in [4.78, 5) is 6.50. The number of hydrogen-bond acceptors (Lipinski definition) is 7. The predicted octanol–water partition coefficient (Wildman–Crippen LogP) is 6.12. The van der Waals surface area contributed by atoms with E-state index in [-0.39, 0.29) is 17.7 Å². The van der Waals surface area contributed by atoms with Crippen LogP contribution in [0, 0.1) is 6.92 Å². The molecule has 0 spiro atoms. The van der Waals surface area contributed by atoms with Crippen molar-refractivity contribution in [3.05, 3.63) is 65.7 Å². The highest BCUT2D eigenvalue weighted by atomic mass is 35.5. The van der Waals surface area contributed by atoms with Gasteiger partial charge in [-0.05, 0) is 60.9 Å². The lowest BCUT2D eigenvalue weighted by Crippen LogP contribution is -2.48. The van der Waals surface area contributed by atoms with E-state index in [1.807, 2.05) is 24.3 Å². The number of phenols is 2. The van der Waals surface area contributed by atoms with Crippen LogP contribution in [0.3, 0.4) is 0 Å². The highest BCUT2D eigenvalue weighted by molar-refractivity contribution is 6.18. The summed E-state index contributed by atoms with van der Waals surface area (Å²) in [6.07, 6.45) is 0.503. The highest BCUT2D eigenvalue weighted by Crippen LogP contribution is 2.47. The molecule has 0 bridgehead atoms. The molecule has 0 amide bonds. The fourth-order valence-corrected chi connectivity index (χ4v) is 5.61. The molecular formula is C29H35Cl2N3O4. The summed E-state index contributed by atoms with van der Waals surface area (Å²) in [6.45, 7) is 4.89. The Morgan fingerprint density at radius 2 is 1.37 bits per heavy atom. The van der Waals surface area contributed by atoms with Gasteiger partial charge in [-0.2, -0.15) is 0 Å². The van der Waals surface area contributed by atoms with Crippen LogP contribution in [0.4, 0.5) is 17.1 Å². The summed E-state index contributed by atoms with van der Waals surface area (Å²) in [6, 6.07) is 17.4. The van der Waals surface area contributed by atoms with Crippen molar-refractivity contribution >= 4 is 40.3 Å². The van der Waals surface area contributed by atoms with E-state index in [1.54, 1.807) is 26.4 Å². The average molecular weight is 561 g/mol. The first-order valence-electron chi connectivity index (χ1n) is 12.7. The number of rotatable bonds is 10. The van der Waals surface area contributed by atoms with Crippen LogP contribution in [-0.4, -0.2) is 62.4 Å². The monoisotopic (exact) mass is 559 g/mol. The standard InChI is InChI=1S/C29H35Cl2N3O4/c1-20-19-21(32(17-13-30)18-14-31)11-12-22(20)29-33(23-7-4-9-25(37-2)27(23)35)15-6-16-34(29)24-8-5-10-26(38-3)28(24)36/h4-5,7-12,19,29,35-36H,6,13-18H2,1-3H3. The van der Waals surface area contributed by atoms with Gasteiger partial charge in [0, 0.05) is 43.6 Å². The second-order valence-electron chi connectivity index (χ2n) is 9.18. The lowest BCUT2D eigenvalue weighted by Gasteiger charge is -2.47. The fourth-order valence-electron chi connectivity index (χ4n) is 5.20. The van der Waals surface area contributed by atoms with Gasteiger partial charge >= 0.3 is 0 Å². The molecule has 3 aromatic carbocycles. The quantitative estimate of drug-likeness (QED) is 0.290. The van der Waals surface area contributed by atoms with Gasteiger partial charge in [0.1, 0.15) is 6.17 Å². The zero-order chi connectivity index (χ0) is 27.2. The number of anilines is 3. The van der Waals surface area contributed by atoms with Crippen molar-refractivity contribution in [2.75, 3.05) is 66.9 Å². The normalized spacial score (nSPS) is 14.0. The first kappa shape index (κ1) is 27.9. The third-order valence-electron chi connectivity index (χ3n) is 7.01. The molecule has 0 aliphatic carbocycles. The fraction of sp³-hybridized carbons (Fsp3) is 0.379. The van der Waals surface area contributed by atoms with Crippen LogP contribution < -0.4 is 24.2 Å². The zero-order valence-electron chi connectivity index (χ0n) is 22.0. The number of alkyl halides is 2. The molecule has 0 atom stereocenters. The predicted molar refractivity (Wildman–Crippen MR) is 156 cm³/mol. The van der Waals surface area contributed by atoms with Crippen LogP contribution in [-0.2, 0) is 0 Å². The van der Waals surface area contributed by atoms with E-state index in [0.29, 0.717) is 60.8 Å². The van der Waals surface area contributed by atoms with E-state index in [2.05, 4.69) is 39.8 Å². The van der Waals surface area contributed by atoms with Crippen LogP contribution >= 0.6 is 23.2 Å². The lowest BCUT2D eigenvalue weighted by molar-refractivity contribution is 0.368. The van der Waals surface area contributed by atoms with Crippen LogP contribution in [0.25, 0.3) is 0 Å². The molecule has 0 radical (unpaired) electrons. The maximum atomic E-state index is 11.1. The largest absolute Gasteiger partial charge is 0.503 e. The molecule has 38 heavy (non-hydrogen) atoms. The molecule has 2 N–H and O–H groups in total. The number of halogens is 2. The first-order valence-corrected chi connectivity index (χ1v) is 13.7. The zero-order valence-corrected chi connectivity index (χ0v) is 23.5. The van der Waals surface area contributed by atoms with Gasteiger partial charge in [-0.3, -0.25) is 0 Å². The van der Waals surface area contributed by atoms with E-state index in [4.69, 9.17) is 32.7 Å². The number of hydrogen-bond donors (Lipinski definition) is 2. The van der Waals surface area contributed by atoms with Crippen molar-refractivity contribution in [2.45, 2.75) is 19.5 Å². The van der Waals surface area contributed by atoms with Crippen LogP contribution in [0.2, 0.25) is 0 Å². The molecule has 4 rings (SSSR count). The number of aromatic hydroxyl groups is 2. The number of aryl methyl sites for hydroxylation is 1. The molecule has 1 saturated heterocycles. The average Bonchev–Trinajstić information content (AvgIpc) is 2.93. The number of ether oxygens (including phenoxy) is 2. The van der Waals surface area contributed by atoms with E-state index >= 15 is 0 Å². The Bertz CT molecular complexity index is 1170. The molecule has 204 valence electrons. The minimum absolute atomic E-state index is 0.0846. The maximum absolute atomic E-state index is 11.1. The summed E-state index contributed by atoms with van der Waals surface area (Å²) < 4.78 is 10.8. The topological polar surface area (TPSA) is 68.6 Å². The van der Waals surface area contributed by atoms with Gasteiger partial charge in [-0.1, -0.05) is 18.2 Å². The van der Waals surface area contributed by atoms with Crippen molar-refractivity contribution in [3.63, 3.8) is 0 Å². The lowest BCUT2D eigenvalue weighted by atomic mass is 9.98. The van der Waals surface area contributed by atoms with Crippen molar-refractivity contribution in [1.82, 2.24) is 0 Å². The Kier molecular flexibility index (Phi) is 9.23. The second kappa shape index (κ2) is 12.6. The van der Waals surface area contributed by atoms with Crippen molar-refractivity contribution < 1.29 is 19.7 Å². The van der Waals surface area contributed by atoms with Crippen LogP contribution in [0.15, 0.2) is 54.6 Å². The van der Waals surface area contributed by atoms with Gasteiger partial charge < -0.3 is 34.4 Å². The number of methoxy groups -OCH3 is 2. The molecule has 0 saturated carbocycles. The molecule has 1 heterocycles. The Hall–Kier alpha value is -3.16. The smallest absolute Gasteiger partial charge is 0.181 e. The van der Waals surface area contributed by atoms with Gasteiger partial charge in [0.25, 0.3) is 0 Å². The minimum Gasteiger partial charge on any atom is -0.503 e. The Morgan fingerprint density at radius 3 is 1.82 bits per heavy atom. The summed E-state index contributed by atoms with van der Waals surface area (Å²) in [5.74, 6) is 2.00. The van der Waals surface area contributed by atoms with E-state index in [1.165, 1.54) is 0 Å². The Balaban J connectivity index is 1.87. The maximum Gasteiger partial charge on any atom is 0.181 e. The first-order chi connectivity index (χ1) is 18.4. The number of benzene rings is 3. The summed E-state index contributed by atoms with van der Waals surface area (Å²) in [5.41, 5.74) is 4.50. The van der Waals surface area contributed by atoms with Gasteiger partial charge in [0.2, 0.25) is 0 Å².